The first kappa shape index (κ1) is 13.8. The predicted molar refractivity (Wildman–Crippen MR) is 75.1 cm³/mol. The molecule has 0 spiro atoms. The van der Waals surface area contributed by atoms with Gasteiger partial charge in [-0.15, -0.1) is 5.10 Å². The zero-order chi connectivity index (χ0) is 13.8. The van der Waals surface area contributed by atoms with Crippen molar-refractivity contribution in [3.05, 3.63) is 16.8 Å². The van der Waals surface area contributed by atoms with Gasteiger partial charge in [-0.25, -0.2) is 0 Å². The largest absolute Gasteiger partial charge is 0.357 e. The minimum atomic E-state index is 0.656. The zero-order valence-electron chi connectivity index (χ0n) is 11.9. The van der Waals surface area contributed by atoms with Crippen molar-refractivity contribution in [2.24, 2.45) is 5.92 Å². The molecule has 19 heavy (non-hydrogen) atoms. The average molecular weight is 259 g/mol. The number of aryl methyl sites for hydroxylation is 1. The molecule has 0 radical (unpaired) electrons. The summed E-state index contributed by atoms with van der Waals surface area (Å²) in [7, 11) is 2.00. The smallest absolute Gasteiger partial charge is 0.169 e. The summed E-state index contributed by atoms with van der Waals surface area (Å²) in [6.45, 7) is 6.93. The van der Waals surface area contributed by atoms with Gasteiger partial charge in [0.1, 0.15) is 11.6 Å². The lowest BCUT2D eigenvalue weighted by Crippen LogP contribution is -2.35. The Hall–Kier alpha value is -1.67. The van der Waals surface area contributed by atoms with E-state index in [2.05, 4.69) is 26.5 Å². The van der Waals surface area contributed by atoms with Gasteiger partial charge < -0.3 is 10.2 Å². The summed E-state index contributed by atoms with van der Waals surface area (Å²) < 4.78 is 0. The van der Waals surface area contributed by atoms with Crippen molar-refractivity contribution in [1.29, 1.82) is 5.26 Å². The van der Waals surface area contributed by atoms with Crippen molar-refractivity contribution in [2.45, 2.75) is 26.7 Å². The lowest BCUT2D eigenvalue weighted by molar-refractivity contribution is 0.377. The highest BCUT2D eigenvalue weighted by atomic mass is 15.2. The van der Waals surface area contributed by atoms with Gasteiger partial charge in [0.25, 0.3) is 0 Å². The monoisotopic (exact) mass is 259 g/mol. The number of anilines is 1. The van der Waals surface area contributed by atoms with Crippen LogP contribution in [0.3, 0.4) is 0 Å². The zero-order valence-corrected chi connectivity index (χ0v) is 11.9. The molecule has 1 saturated heterocycles. The van der Waals surface area contributed by atoms with Crippen LogP contribution in [0.1, 0.15) is 29.7 Å². The fourth-order valence-corrected chi connectivity index (χ4v) is 2.54. The Morgan fingerprint density at radius 2 is 2.00 bits per heavy atom. The van der Waals surface area contributed by atoms with Crippen molar-refractivity contribution in [1.82, 2.24) is 15.5 Å². The number of nitriles is 1. The summed E-state index contributed by atoms with van der Waals surface area (Å²) in [6, 6.07) is 2.27. The number of hydrogen-bond donors (Lipinski definition) is 1. The van der Waals surface area contributed by atoms with Crippen LogP contribution < -0.4 is 10.2 Å². The summed E-state index contributed by atoms with van der Waals surface area (Å²) >= 11 is 0. The standard InChI is InChI=1S/C14H21N5/c1-10-11(2)17-18-14(13(10)8-15)19(3)9-12-4-6-16-7-5-12/h12,16H,4-7,9H2,1-3H3. The molecule has 1 aliphatic rings. The first-order valence-corrected chi connectivity index (χ1v) is 6.79. The number of nitrogens with zero attached hydrogens (tertiary/aromatic N) is 4. The number of aromatic nitrogens is 2. The Bertz CT molecular complexity index is 485. The average Bonchev–Trinajstić information content (AvgIpc) is 2.42. The topological polar surface area (TPSA) is 64.8 Å². The summed E-state index contributed by atoms with van der Waals surface area (Å²) in [5.41, 5.74) is 2.42. The molecule has 102 valence electrons. The molecule has 0 aliphatic carbocycles. The summed E-state index contributed by atoms with van der Waals surface area (Å²) in [6.07, 6.45) is 2.37. The molecular formula is C14H21N5. The Balaban J connectivity index is 2.16. The Morgan fingerprint density at radius 3 is 2.63 bits per heavy atom. The molecule has 1 aliphatic heterocycles. The van der Waals surface area contributed by atoms with Gasteiger partial charge >= 0.3 is 0 Å². The minimum Gasteiger partial charge on any atom is -0.357 e. The molecule has 0 atom stereocenters. The van der Waals surface area contributed by atoms with Gasteiger partial charge in [-0.2, -0.15) is 10.4 Å². The van der Waals surface area contributed by atoms with Gasteiger partial charge in [0.15, 0.2) is 5.82 Å². The van der Waals surface area contributed by atoms with E-state index in [-0.39, 0.29) is 0 Å². The lowest BCUT2D eigenvalue weighted by Gasteiger charge is -2.28. The van der Waals surface area contributed by atoms with Crippen molar-refractivity contribution in [2.75, 3.05) is 31.6 Å². The number of hydrogen-bond acceptors (Lipinski definition) is 5. The third-order valence-electron chi connectivity index (χ3n) is 3.90. The van der Waals surface area contributed by atoms with Crippen LogP contribution >= 0.6 is 0 Å². The number of piperidine rings is 1. The molecule has 1 aromatic rings. The third kappa shape index (κ3) is 3.02. The van der Waals surface area contributed by atoms with Gasteiger partial charge in [0, 0.05) is 13.6 Å². The Kier molecular flexibility index (Phi) is 4.33. The highest BCUT2D eigenvalue weighted by Crippen LogP contribution is 2.22. The molecule has 1 aromatic heterocycles. The molecule has 0 aromatic carbocycles. The second-order valence-corrected chi connectivity index (χ2v) is 5.29. The van der Waals surface area contributed by atoms with Gasteiger partial charge in [-0.1, -0.05) is 0 Å². The quantitative estimate of drug-likeness (QED) is 0.889. The predicted octanol–water partition coefficient (Wildman–Crippen LogP) is 1.40. The number of rotatable bonds is 3. The lowest BCUT2D eigenvalue weighted by atomic mass is 9.97. The van der Waals surface area contributed by atoms with E-state index < -0.39 is 0 Å². The van der Waals surface area contributed by atoms with Crippen LogP contribution in [-0.4, -0.2) is 36.9 Å². The van der Waals surface area contributed by atoms with Crippen molar-refractivity contribution >= 4 is 5.82 Å². The second-order valence-electron chi connectivity index (χ2n) is 5.29. The third-order valence-corrected chi connectivity index (χ3v) is 3.90. The van der Waals surface area contributed by atoms with Crippen molar-refractivity contribution in [3.8, 4) is 6.07 Å². The van der Waals surface area contributed by atoms with E-state index in [1.165, 1.54) is 12.8 Å². The molecule has 0 bridgehead atoms. The molecule has 5 heteroatoms. The van der Waals surface area contributed by atoms with Crippen LogP contribution in [0.15, 0.2) is 0 Å². The maximum absolute atomic E-state index is 9.32. The van der Waals surface area contributed by atoms with Crippen molar-refractivity contribution < 1.29 is 0 Å². The van der Waals surface area contributed by atoms with Gasteiger partial charge in [-0.3, -0.25) is 0 Å². The van der Waals surface area contributed by atoms with Crippen molar-refractivity contribution in [3.63, 3.8) is 0 Å². The molecular weight excluding hydrogens is 238 g/mol. The van der Waals surface area contributed by atoms with Crippen LogP contribution in [0.2, 0.25) is 0 Å². The fraction of sp³-hybridized carbons (Fsp3) is 0.643. The molecule has 5 nitrogen and oxygen atoms in total. The fourth-order valence-electron chi connectivity index (χ4n) is 2.54. The maximum atomic E-state index is 9.32. The van der Waals surface area contributed by atoms with E-state index >= 15 is 0 Å². The molecule has 2 rings (SSSR count). The van der Waals surface area contributed by atoms with E-state index in [4.69, 9.17) is 0 Å². The van der Waals surface area contributed by atoms with E-state index in [0.717, 1.165) is 30.9 Å². The van der Waals surface area contributed by atoms with Crippen LogP contribution in [0.25, 0.3) is 0 Å². The van der Waals surface area contributed by atoms with Gasteiger partial charge in [-0.05, 0) is 51.3 Å². The van der Waals surface area contributed by atoms with Gasteiger partial charge in [0.2, 0.25) is 0 Å². The summed E-state index contributed by atoms with van der Waals surface area (Å²) in [5, 5.41) is 21.1. The van der Waals surface area contributed by atoms with Crippen LogP contribution in [-0.2, 0) is 0 Å². The summed E-state index contributed by atoms with van der Waals surface area (Å²) in [4.78, 5) is 2.08. The molecule has 2 heterocycles. The minimum absolute atomic E-state index is 0.656. The van der Waals surface area contributed by atoms with Crippen LogP contribution in [0.5, 0.6) is 0 Å². The maximum Gasteiger partial charge on any atom is 0.169 e. The second kappa shape index (κ2) is 5.98. The SMILES string of the molecule is Cc1nnc(N(C)CC2CCNCC2)c(C#N)c1C. The van der Waals surface area contributed by atoms with Crippen LogP contribution in [0, 0.1) is 31.1 Å². The first-order chi connectivity index (χ1) is 9.13. The van der Waals surface area contributed by atoms with Crippen LogP contribution in [0.4, 0.5) is 5.82 Å². The van der Waals surface area contributed by atoms with Gasteiger partial charge in [0.05, 0.1) is 5.69 Å². The molecule has 0 unspecified atom stereocenters. The van der Waals surface area contributed by atoms with E-state index in [1.54, 1.807) is 0 Å². The van der Waals surface area contributed by atoms with E-state index in [9.17, 15) is 5.26 Å². The first-order valence-electron chi connectivity index (χ1n) is 6.79. The molecule has 0 saturated carbocycles. The highest BCUT2D eigenvalue weighted by molar-refractivity contribution is 5.57. The summed E-state index contributed by atoms with van der Waals surface area (Å²) in [5.74, 6) is 1.38. The van der Waals surface area contributed by atoms with E-state index in [1.807, 2.05) is 20.9 Å². The molecule has 1 fully saturated rings. The number of nitrogens with one attached hydrogen (secondary N) is 1. The Labute approximate surface area is 114 Å². The normalized spacial score (nSPS) is 16.1. The van der Waals surface area contributed by atoms with E-state index in [0.29, 0.717) is 17.3 Å². The Morgan fingerprint density at radius 1 is 1.32 bits per heavy atom. The highest BCUT2D eigenvalue weighted by Gasteiger charge is 2.19. The molecule has 1 N–H and O–H groups in total. The molecule has 0 amide bonds.